The number of aromatic nitrogens is 2. The van der Waals surface area contributed by atoms with Crippen molar-refractivity contribution >= 4 is 46.3 Å². The van der Waals surface area contributed by atoms with Gasteiger partial charge in [0.2, 0.25) is 0 Å². The Kier molecular flexibility index (Phi) is 7.04. The summed E-state index contributed by atoms with van der Waals surface area (Å²) in [7, 11) is 0. The maximum absolute atomic E-state index is 13.4. The summed E-state index contributed by atoms with van der Waals surface area (Å²) in [6.45, 7) is 0.381. The minimum atomic E-state index is -0.0482. The molecule has 0 spiro atoms. The summed E-state index contributed by atoms with van der Waals surface area (Å²) in [6.07, 6.45) is 7.58. The Labute approximate surface area is 246 Å². The number of urea groups is 1. The second kappa shape index (κ2) is 10.8. The van der Waals surface area contributed by atoms with Crippen LogP contribution in [-0.2, 0) is 11.3 Å². The van der Waals surface area contributed by atoms with Crippen molar-refractivity contribution in [3.63, 3.8) is 0 Å². The summed E-state index contributed by atoms with van der Waals surface area (Å²) in [6, 6.07) is 13.6. The normalized spacial score (nSPS) is 22.1. The Bertz CT molecular complexity index is 1500. The number of ether oxygens (including phenoxy) is 1. The van der Waals surface area contributed by atoms with Gasteiger partial charge < -0.3 is 19.5 Å². The SMILES string of the molecule is O=C(Nc1cccc(-c2nccs2)c1)N1C2CCC1CC(OCc1c(-c3c(Cl)cccc3Cl)noc1C1CC1)C2. The lowest BCUT2D eigenvalue weighted by molar-refractivity contribution is -0.0158. The Morgan fingerprint density at radius 2 is 1.82 bits per heavy atom. The molecule has 2 amide bonds. The highest BCUT2D eigenvalue weighted by Gasteiger charge is 2.44. The number of piperidine rings is 1. The number of hydrogen-bond donors (Lipinski definition) is 1. The molecule has 3 fully saturated rings. The summed E-state index contributed by atoms with van der Waals surface area (Å²) < 4.78 is 12.3. The van der Waals surface area contributed by atoms with Crippen molar-refractivity contribution in [3.8, 4) is 21.8 Å². The smallest absolute Gasteiger partial charge is 0.322 e. The number of rotatable bonds is 7. The number of carbonyl (C=O) groups excluding carboxylic acids is 1. The maximum Gasteiger partial charge on any atom is 0.322 e. The Morgan fingerprint density at radius 3 is 2.52 bits per heavy atom. The van der Waals surface area contributed by atoms with E-state index in [0.29, 0.717) is 33.8 Å². The van der Waals surface area contributed by atoms with Crippen molar-refractivity contribution in [2.75, 3.05) is 5.32 Å². The van der Waals surface area contributed by atoms with Crippen LogP contribution in [0, 0.1) is 0 Å². The maximum atomic E-state index is 13.4. The van der Waals surface area contributed by atoms with E-state index in [4.69, 9.17) is 32.5 Å². The van der Waals surface area contributed by atoms with Gasteiger partial charge in [0.15, 0.2) is 0 Å². The molecule has 4 heterocycles. The predicted molar refractivity (Wildman–Crippen MR) is 157 cm³/mol. The summed E-state index contributed by atoms with van der Waals surface area (Å²) in [5, 5.41) is 11.5. The van der Waals surface area contributed by atoms with Crippen molar-refractivity contribution in [3.05, 3.63) is 75.4 Å². The fourth-order valence-electron chi connectivity index (χ4n) is 6.13. The zero-order chi connectivity index (χ0) is 27.2. The molecule has 1 N–H and O–H groups in total. The standard InChI is InChI=1S/C30H28Cl2N4O3S/c31-24-5-2-6-25(32)26(24)27-23(28(39-35-27)17-7-8-17)16-38-22-14-20-9-10-21(15-22)36(20)30(37)34-19-4-1-3-18(13-19)29-33-11-12-40-29/h1-6,11-13,17,20-22H,7-10,14-16H2,(H,34,37). The summed E-state index contributed by atoms with van der Waals surface area (Å²) in [5.41, 5.74) is 4.06. The number of hydrogen-bond acceptors (Lipinski definition) is 6. The molecule has 7 rings (SSSR count). The molecule has 0 radical (unpaired) electrons. The van der Waals surface area contributed by atoms with Gasteiger partial charge in [-0.25, -0.2) is 9.78 Å². The van der Waals surface area contributed by atoms with Gasteiger partial charge in [0.05, 0.1) is 22.8 Å². The quantitative estimate of drug-likeness (QED) is 0.232. The van der Waals surface area contributed by atoms with E-state index in [1.807, 2.05) is 52.7 Å². The molecule has 2 unspecified atom stereocenters. The zero-order valence-electron chi connectivity index (χ0n) is 21.7. The van der Waals surface area contributed by atoms with Gasteiger partial charge in [-0.05, 0) is 62.8 Å². The van der Waals surface area contributed by atoms with E-state index >= 15 is 0 Å². The van der Waals surface area contributed by atoms with Crippen LogP contribution in [0.5, 0.6) is 0 Å². The molecule has 2 atom stereocenters. The second-order valence-electron chi connectivity index (χ2n) is 10.8. The highest BCUT2D eigenvalue weighted by Crippen LogP contribution is 2.46. The molecule has 1 aliphatic carbocycles. The molecule has 40 heavy (non-hydrogen) atoms. The van der Waals surface area contributed by atoms with E-state index in [1.54, 1.807) is 17.5 Å². The van der Waals surface area contributed by atoms with E-state index in [-0.39, 0.29) is 24.2 Å². The monoisotopic (exact) mass is 594 g/mol. The fourth-order valence-corrected chi connectivity index (χ4v) is 7.34. The highest BCUT2D eigenvalue weighted by atomic mass is 35.5. The first-order valence-corrected chi connectivity index (χ1v) is 15.3. The number of amides is 2. The Hall–Kier alpha value is -2.91. The van der Waals surface area contributed by atoms with Gasteiger partial charge in [-0.1, -0.05) is 46.6 Å². The molecule has 10 heteroatoms. The first kappa shape index (κ1) is 26.0. The van der Waals surface area contributed by atoms with Crippen LogP contribution in [0.3, 0.4) is 0 Å². The second-order valence-corrected chi connectivity index (χ2v) is 12.5. The van der Waals surface area contributed by atoms with Crippen LogP contribution >= 0.6 is 34.5 Å². The topological polar surface area (TPSA) is 80.5 Å². The summed E-state index contributed by atoms with van der Waals surface area (Å²) in [4.78, 5) is 19.8. The molecule has 3 aliphatic rings. The van der Waals surface area contributed by atoms with Crippen molar-refractivity contribution in [1.29, 1.82) is 0 Å². The molecule has 2 aromatic carbocycles. The lowest BCUT2D eigenvalue weighted by Crippen LogP contribution is -2.50. The molecule has 7 nitrogen and oxygen atoms in total. The van der Waals surface area contributed by atoms with E-state index in [0.717, 1.165) is 66.1 Å². The van der Waals surface area contributed by atoms with Crippen LogP contribution in [-0.4, -0.2) is 39.3 Å². The first-order valence-electron chi connectivity index (χ1n) is 13.7. The van der Waals surface area contributed by atoms with E-state index in [2.05, 4.69) is 15.5 Å². The van der Waals surface area contributed by atoms with Gasteiger partial charge in [0.25, 0.3) is 0 Å². The number of anilines is 1. The van der Waals surface area contributed by atoms with Crippen molar-refractivity contribution < 1.29 is 14.1 Å². The third kappa shape index (κ3) is 5.02. The van der Waals surface area contributed by atoms with Gasteiger partial charge in [0, 0.05) is 52.0 Å². The number of thiazole rings is 1. The van der Waals surface area contributed by atoms with Gasteiger partial charge in [-0.2, -0.15) is 0 Å². The molecule has 2 aliphatic heterocycles. The number of nitrogens with zero attached hydrogens (tertiary/aromatic N) is 3. The van der Waals surface area contributed by atoms with Gasteiger partial charge in [0.1, 0.15) is 16.5 Å². The van der Waals surface area contributed by atoms with Crippen molar-refractivity contribution in [1.82, 2.24) is 15.0 Å². The van der Waals surface area contributed by atoms with Crippen molar-refractivity contribution in [2.24, 2.45) is 0 Å². The highest BCUT2D eigenvalue weighted by molar-refractivity contribution is 7.13. The van der Waals surface area contributed by atoms with E-state index < -0.39 is 0 Å². The van der Waals surface area contributed by atoms with Gasteiger partial charge >= 0.3 is 6.03 Å². The molecule has 2 saturated heterocycles. The van der Waals surface area contributed by atoms with Gasteiger partial charge in [-0.15, -0.1) is 11.3 Å². The third-order valence-corrected chi connectivity index (χ3v) is 9.60. The van der Waals surface area contributed by atoms with Crippen LogP contribution in [0.25, 0.3) is 21.8 Å². The Balaban J connectivity index is 1.03. The summed E-state index contributed by atoms with van der Waals surface area (Å²) >= 11 is 14.6. The van der Waals surface area contributed by atoms with Crippen LogP contribution in [0.15, 0.2) is 58.6 Å². The van der Waals surface area contributed by atoms with Gasteiger partial charge in [-0.3, -0.25) is 0 Å². The van der Waals surface area contributed by atoms with Crippen LogP contribution < -0.4 is 5.32 Å². The zero-order valence-corrected chi connectivity index (χ0v) is 24.0. The number of halogens is 2. The third-order valence-electron chi connectivity index (χ3n) is 8.15. The van der Waals surface area contributed by atoms with Crippen LogP contribution in [0.4, 0.5) is 10.5 Å². The van der Waals surface area contributed by atoms with Crippen LogP contribution in [0.2, 0.25) is 10.0 Å². The van der Waals surface area contributed by atoms with E-state index in [9.17, 15) is 4.79 Å². The Morgan fingerprint density at radius 1 is 1.07 bits per heavy atom. The first-order chi connectivity index (χ1) is 19.5. The number of fused-ring (bicyclic) bond motifs is 2. The summed E-state index contributed by atoms with van der Waals surface area (Å²) in [5.74, 6) is 1.25. The molecule has 2 aromatic heterocycles. The average Bonchev–Trinajstić information content (AvgIpc) is 3.35. The molecular formula is C30H28Cl2N4O3S. The van der Waals surface area contributed by atoms with Crippen LogP contribution in [0.1, 0.15) is 55.8 Å². The predicted octanol–water partition coefficient (Wildman–Crippen LogP) is 8.39. The average molecular weight is 596 g/mol. The lowest BCUT2D eigenvalue weighted by Gasteiger charge is -2.38. The molecule has 206 valence electrons. The number of benzene rings is 2. The lowest BCUT2D eigenvalue weighted by atomic mass is 9.99. The molecule has 4 aromatic rings. The van der Waals surface area contributed by atoms with E-state index in [1.165, 1.54) is 0 Å². The minimum absolute atomic E-state index is 0.0475. The largest absolute Gasteiger partial charge is 0.373 e. The molecular weight excluding hydrogens is 567 g/mol. The number of nitrogens with one attached hydrogen (secondary N) is 1. The fraction of sp³-hybridized carbons (Fsp3) is 0.367. The minimum Gasteiger partial charge on any atom is -0.373 e. The van der Waals surface area contributed by atoms with Crippen molar-refractivity contribution in [2.45, 2.75) is 69.2 Å². The molecule has 1 saturated carbocycles. The molecule has 2 bridgehead atoms. The number of carbonyl (C=O) groups is 1.